The normalized spacial score (nSPS) is 18.9. The van der Waals surface area contributed by atoms with Crippen LogP contribution in [0.3, 0.4) is 0 Å². The average Bonchev–Trinajstić information content (AvgIpc) is 3.10. The van der Waals surface area contributed by atoms with Crippen molar-refractivity contribution in [1.82, 2.24) is 4.90 Å². The summed E-state index contributed by atoms with van der Waals surface area (Å²) in [6.07, 6.45) is 2.11. The summed E-state index contributed by atoms with van der Waals surface area (Å²) in [7, 11) is 2.03. The van der Waals surface area contributed by atoms with E-state index in [9.17, 15) is 9.59 Å². The van der Waals surface area contributed by atoms with E-state index in [2.05, 4.69) is 29.2 Å². The Morgan fingerprint density at radius 2 is 1.92 bits per heavy atom. The number of carbonyl (C=O) groups is 2. The van der Waals surface area contributed by atoms with Gasteiger partial charge in [-0.2, -0.15) is 0 Å². The Bertz CT molecular complexity index is 887. The lowest BCUT2D eigenvalue weighted by Gasteiger charge is -2.30. The van der Waals surface area contributed by atoms with Crippen LogP contribution in [0.5, 0.6) is 0 Å². The Morgan fingerprint density at radius 1 is 1.16 bits per heavy atom. The molecule has 0 spiro atoms. The van der Waals surface area contributed by atoms with E-state index in [1.165, 1.54) is 11.1 Å². The van der Waals surface area contributed by atoms with Gasteiger partial charge in [0.2, 0.25) is 0 Å². The Hall–Kier alpha value is -2.46. The molecule has 1 amide bonds. The zero-order valence-corrected chi connectivity index (χ0v) is 14.9. The molecule has 0 bridgehead atoms. The Morgan fingerprint density at radius 3 is 2.72 bits per heavy atom. The van der Waals surface area contributed by atoms with Gasteiger partial charge in [0, 0.05) is 6.04 Å². The smallest absolute Gasteiger partial charge is 0.291 e. The van der Waals surface area contributed by atoms with Gasteiger partial charge in [-0.1, -0.05) is 30.3 Å². The Labute approximate surface area is 148 Å². The summed E-state index contributed by atoms with van der Waals surface area (Å²) in [6, 6.07) is 12.7. The molecule has 0 N–H and O–H groups in total. The molecule has 2 aromatic rings. The van der Waals surface area contributed by atoms with Crippen LogP contribution in [0.25, 0.3) is 0 Å². The number of ketones is 1. The second-order valence-electron chi connectivity index (χ2n) is 7.19. The van der Waals surface area contributed by atoms with E-state index in [0.717, 1.165) is 29.7 Å². The molecule has 1 aliphatic heterocycles. The van der Waals surface area contributed by atoms with E-state index in [4.69, 9.17) is 0 Å². The highest BCUT2D eigenvalue weighted by Gasteiger charge is 2.38. The van der Waals surface area contributed by atoms with E-state index < -0.39 is 5.91 Å². The highest BCUT2D eigenvalue weighted by Crippen LogP contribution is 2.37. The third kappa shape index (κ3) is 2.48. The van der Waals surface area contributed by atoms with Crippen LogP contribution in [0, 0.1) is 13.8 Å². The first-order chi connectivity index (χ1) is 12.0. The van der Waals surface area contributed by atoms with E-state index >= 15 is 0 Å². The zero-order valence-electron chi connectivity index (χ0n) is 14.9. The summed E-state index contributed by atoms with van der Waals surface area (Å²) in [6.45, 7) is 4.33. The summed E-state index contributed by atoms with van der Waals surface area (Å²) in [5.74, 6) is -0.797. The summed E-state index contributed by atoms with van der Waals surface area (Å²) < 4.78 is 0. The maximum absolute atomic E-state index is 12.6. The second kappa shape index (κ2) is 5.81. The average molecular weight is 334 g/mol. The van der Waals surface area contributed by atoms with Gasteiger partial charge in [-0.25, -0.2) is 0 Å². The molecule has 1 aliphatic carbocycles. The van der Waals surface area contributed by atoms with Crippen molar-refractivity contribution in [3.8, 4) is 0 Å². The molecule has 2 aromatic carbocycles. The van der Waals surface area contributed by atoms with Crippen LogP contribution >= 0.6 is 0 Å². The number of hydrogen-bond donors (Lipinski definition) is 0. The highest BCUT2D eigenvalue weighted by molar-refractivity contribution is 6.52. The van der Waals surface area contributed by atoms with Gasteiger partial charge in [0.25, 0.3) is 5.78 Å². The molecule has 4 heteroatoms. The largest absolute Gasteiger partial charge is 0.300 e. The lowest BCUT2D eigenvalue weighted by atomic mass is 10.0. The van der Waals surface area contributed by atoms with Gasteiger partial charge in [-0.05, 0) is 62.1 Å². The van der Waals surface area contributed by atoms with Crippen LogP contribution in [-0.4, -0.2) is 30.3 Å². The summed E-state index contributed by atoms with van der Waals surface area (Å²) in [5.41, 5.74) is 5.99. The van der Waals surface area contributed by atoms with Crippen LogP contribution in [0.15, 0.2) is 36.4 Å². The molecule has 0 fully saturated rings. The number of hydrogen-bond acceptors (Lipinski definition) is 3. The molecule has 128 valence electrons. The molecule has 1 heterocycles. The van der Waals surface area contributed by atoms with Gasteiger partial charge in [-0.3, -0.25) is 19.4 Å². The lowest BCUT2D eigenvalue weighted by molar-refractivity contribution is -0.114. The van der Waals surface area contributed by atoms with Crippen molar-refractivity contribution in [1.29, 1.82) is 0 Å². The quantitative estimate of drug-likeness (QED) is 0.808. The van der Waals surface area contributed by atoms with Crippen molar-refractivity contribution in [2.75, 3.05) is 18.6 Å². The van der Waals surface area contributed by atoms with Gasteiger partial charge in [0.05, 0.1) is 17.9 Å². The van der Waals surface area contributed by atoms with Crippen molar-refractivity contribution in [2.45, 2.75) is 32.7 Å². The fourth-order valence-electron chi connectivity index (χ4n) is 4.25. The number of rotatable bonds is 3. The van der Waals surface area contributed by atoms with Gasteiger partial charge in [-0.15, -0.1) is 0 Å². The molecule has 0 saturated carbocycles. The maximum atomic E-state index is 12.6. The third-order valence-corrected chi connectivity index (χ3v) is 5.41. The minimum Gasteiger partial charge on any atom is -0.291 e. The number of fused-ring (bicyclic) bond motifs is 2. The molecular formula is C21H22N2O2. The molecule has 25 heavy (non-hydrogen) atoms. The number of benzene rings is 2. The first-order valence-electron chi connectivity index (χ1n) is 8.73. The van der Waals surface area contributed by atoms with Crippen molar-refractivity contribution in [2.24, 2.45) is 0 Å². The number of carbonyl (C=O) groups excluding carboxylic acids is 2. The molecule has 1 atom stereocenters. The van der Waals surface area contributed by atoms with E-state index in [1.807, 2.05) is 33.0 Å². The highest BCUT2D eigenvalue weighted by atomic mass is 16.2. The minimum absolute atomic E-state index is 0.286. The number of amides is 1. The number of anilines is 1. The van der Waals surface area contributed by atoms with Crippen molar-refractivity contribution >= 4 is 17.4 Å². The molecule has 4 rings (SSSR count). The predicted molar refractivity (Wildman–Crippen MR) is 97.9 cm³/mol. The summed E-state index contributed by atoms with van der Waals surface area (Å²) in [5, 5.41) is 0. The van der Waals surface area contributed by atoms with Crippen molar-refractivity contribution in [3.05, 3.63) is 64.2 Å². The molecule has 2 aliphatic rings. The number of Topliss-reactive ketones (excluding diaryl/α,β-unsaturated/α-hetero) is 1. The second-order valence-corrected chi connectivity index (χ2v) is 7.19. The van der Waals surface area contributed by atoms with E-state index in [1.54, 1.807) is 4.90 Å². The maximum Gasteiger partial charge on any atom is 0.300 e. The fourth-order valence-corrected chi connectivity index (χ4v) is 4.25. The third-order valence-electron chi connectivity index (χ3n) is 5.41. The van der Waals surface area contributed by atoms with Gasteiger partial charge < -0.3 is 0 Å². The molecule has 4 nitrogen and oxygen atoms in total. The van der Waals surface area contributed by atoms with Crippen LogP contribution in [0.1, 0.15) is 45.1 Å². The molecule has 0 radical (unpaired) electrons. The predicted octanol–water partition coefficient (Wildman–Crippen LogP) is 3.41. The molecule has 1 unspecified atom stereocenters. The fraction of sp³-hybridized carbons (Fsp3) is 0.333. The van der Waals surface area contributed by atoms with Crippen LogP contribution in [0.4, 0.5) is 5.69 Å². The minimum atomic E-state index is -0.415. The van der Waals surface area contributed by atoms with Crippen LogP contribution in [-0.2, 0) is 11.2 Å². The zero-order chi connectivity index (χ0) is 17.7. The Balaban J connectivity index is 1.64. The van der Waals surface area contributed by atoms with Crippen LogP contribution < -0.4 is 4.90 Å². The van der Waals surface area contributed by atoms with E-state index in [-0.39, 0.29) is 11.8 Å². The van der Waals surface area contributed by atoms with Gasteiger partial charge in [0.15, 0.2) is 0 Å². The van der Waals surface area contributed by atoms with Gasteiger partial charge in [0.1, 0.15) is 0 Å². The standard InChI is InChI=1S/C21H22N2O2/c1-13-10-14(2)19-18(11-13)23(21(25)20(19)24)12-22(3)17-9-8-15-6-4-5-7-16(15)17/h4-7,10-11,17H,8-9,12H2,1-3H3. The molecule has 0 saturated heterocycles. The number of nitrogens with zero attached hydrogens (tertiary/aromatic N) is 2. The van der Waals surface area contributed by atoms with E-state index in [0.29, 0.717) is 12.2 Å². The summed E-state index contributed by atoms with van der Waals surface area (Å²) in [4.78, 5) is 28.8. The monoisotopic (exact) mass is 334 g/mol. The first kappa shape index (κ1) is 16.0. The molecular weight excluding hydrogens is 312 g/mol. The molecule has 0 aromatic heterocycles. The van der Waals surface area contributed by atoms with Gasteiger partial charge >= 0.3 is 5.91 Å². The first-order valence-corrected chi connectivity index (χ1v) is 8.73. The SMILES string of the molecule is Cc1cc(C)c2c(c1)N(CN(C)C1CCc3ccccc31)C(=O)C2=O. The Kier molecular flexibility index (Phi) is 3.73. The van der Waals surface area contributed by atoms with Crippen molar-refractivity contribution < 1.29 is 9.59 Å². The van der Waals surface area contributed by atoms with Crippen LogP contribution in [0.2, 0.25) is 0 Å². The summed E-state index contributed by atoms with van der Waals surface area (Å²) >= 11 is 0. The number of aryl methyl sites for hydroxylation is 3. The van der Waals surface area contributed by atoms with Crippen molar-refractivity contribution in [3.63, 3.8) is 0 Å². The lowest BCUT2D eigenvalue weighted by Crippen LogP contribution is -2.40. The topological polar surface area (TPSA) is 40.6 Å².